The van der Waals surface area contributed by atoms with Gasteiger partial charge in [0.15, 0.2) is 0 Å². The molecule has 26 heavy (non-hydrogen) atoms. The summed E-state index contributed by atoms with van der Waals surface area (Å²) in [5, 5.41) is 1.40. The Morgan fingerprint density at radius 2 is 1.62 bits per heavy atom. The molecule has 2 unspecified atom stereocenters. The molecule has 0 aromatic heterocycles. The number of rotatable bonds is 8. The van der Waals surface area contributed by atoms with Crippen molar-refractivity contribution in [3.05, 3.63) is 29.3 Å². The van der Waals surface area contributed by atoms with Crippen LogP contribution in [0.15, 0.2) is 18.2 Å². The van der Waals surface area contributed by atoms with Gasteiger partial charge in [-0.05, 0) is 43.2 Å². The zero-order valence-electron chi connectivity index (χ0n) is 16.5. The van der Waals surface area contributed by atoms with Crippen molar-refractivity contribution in [2.45, 2.75) is 74.9 Å². The van der Waals surface area contributed by atoms with Crippen LogP contribution < -0.4 is 4.90 Å². The van der Waals surface area contributed by atoms with Gasteiger partial charge in [-0.15, -0.1) is 35.1 Å². The van der Waals surface area contributed by atoms with E-state index >= 15 is 0 Å². The van der Waals surface area contributed by atoms with Crippen molar-refractivity contribution in [1.82, 2.24) is 0 Å². The lowest BCUT2D eigenvalue weighted by Gasteiger charge is -2.37. The van der Waals surface area contributed by atoms with Gasteiger partial charge in [0, 0.05) is 17.0 Å². The minimum atomic E-state index is 0.0233. The maximum Gasteiger partial charge on any atom is 0.241 e. The standard InChI is InChI=1S/C21H32ClNOS2/c1-5-15-10-9-11-16(6-2)21(15)23(19(24)13-22)14-20-25-17(7-3)12-18(8-4)26-20/h9-11,17-18,20H,5-8,12-14H2,1-4H3. The minimum Gasteiger partial charge on any atom is -0.309 e. The minimum absolute atomic E-state index is 0.0233. The summed E-state index contributed by atoms with van der Waals surface area (Å²) >= 11 is 10.1. The van der Waals surface area contributed by atoms with Crippen LogP contribution in [-0.4, -0.2) is 33.4 Å². The molecule has 1 aliphatic rings. The lowest BCUT2D eigenvalue weighted by Crippen LogP contribution is -2.40. The van der Waals surface area contributed by atoms with E-state index in [4.69, 9.17) is 11.6 Å². The number of hydrogen-bond acceptors (Lipinski definition) is 3. The molecule has 0 N–H and O–H groups in total. The SMILES string of the molecule is CCc1cccc(CC)c1N(CC1SC(CC)CC(CC)S1)C(=O)CCl. The van der Waals surface area contributed by atoms with Crippen LogP contribution in [0.3, 0.4) is 0 Å². The largest absolute Gasteiger partial charge is 0.309 e. The van der Waals surface area contributed by atoms with E-state index in [-0.39, 0.29) is 11.8 Å². The summed E-state index contributed by atoms with van der Waals surface area (Å²) in [6.45, 7) is 9.62. The van der Waals surface area contributed by atoms with Gasteiger partial charge in [0.1, 0.15) is 5.88 Å². The van der Waals surface area contributed by atoms with Gasteiger partial charge in [0.05, 0.1) is 10.3 Å². The third-order valence-corrected chi connectivity index (χ3v) is 8.73. The molecule has 1 aromatic carbocycles. The molecule has 2 atom stereocenters. The molecule has 1 amide bonds. The number of nitrogens with zero attached hydrogens (tertiary/aromatic N) is 1. The summed E-state index contributed by atoms with van der Waals surface area (Å²) in [6, 6.07) is 6.40. The van der Waals surface area contributed by atoms with Gasteiger partial charge in [0.25, 0.3) is 0 Å². The highest BCUT2D eigenvalue weighted by molar-refractivity contribution is 8.18. The van der Waals surface area contributed by atoms with Crippen molar-refractivity contribution in [2.24, 2.45) is 0 Å². The fourth-order valence-electron chi connectivity index (χ4n) is 3.58. The Bertz CT molecular complexity index is 561. The highest BCUT2D eigenvalue weighted by atomic mass is 35.5. The molecule has 1 fully saturated rings. The lowest BCUT2D eigenvalue weighted by molar-refractivity contribution is -0.116. The smallest absolute Gasteiger partial charge is 0.241 e. The predicted molar refractivity (Wildman–Crippen MR) is 120 cm³/mol. The number of alkyl halides is 1. The normalized spacial score (nSPS) is 23.0. The molecule has 0 radical (unpaired) electrons. The highest BCUT2D eigenvalue weighted by Crippen LogP contribution is 2.44. The summed E-state index contributed by atoms with van der Waals surface area (Å²) in [5.74, 6) is 0.0626. The van der Waals surface area contributed by atoms with Gasteiger partial charge in [-0.1, -0.05) is 45.9 Å². The first kappa shape index (κ1) is 22.0. The van der Waals surface area contributed by atoms with Crippen LogP contribution in [0.1, 0.15) is 58.1 Å². The van der Waals surface area contributed by atoms with Crippen LogP contribution in [0.25, 0.3) is 0 Å². The zero-order chi connectivity index (χ0) is 19.1. The van der Waals surface area contributed by atoms with E-state index < -0.39 is 0 Å². The quantitative estimate of drug-likeness (QED) is 0.477. The molecule has 5 heteroatoms. The van der Waals surface area contributed by atoms with Crippen LogP contribution in [0.5, 0.6) is 0 Å². The number of thioether (sulfide) groups is 2. The number of halogens is 1. The summed E-state index contributed by atoms with van der Waals surface area (Å²) in [4.78, 5) is 14.8. The molecule has 0 spiro atoms. The molecule has 0 saturated carbocycles. The second-order valence-electron chi connectivity index (χ2n) is 6.77. The zero-order valence-corrected chi connectivity index (χ0v) is 18.9. The number of aryl methyl sites for hydroxylation is 2. The van der Waals surface area contributed by atoms with Crippen LogP contribution >= 0.6 is 35.1 Å². The third kappa shape index (κ3) is 5.36. The van der Waals surface area contributed by atoms with Crippen LogP contribution in [0.2, 0.25) is 0 Å². The molecule has 2 nitrogen and oxygen atoms in total. The Balaban J connectivity index is 2.33. The first-order valence-electron chi connectivity index (χ1n) is 9.85. The summed E-state index contributed by atoms with van der Waals surface area (Å²) in [6.07, 6.45) is 5.54. The van der Waals surface area contributed by atoms with E-state index in [9.17, 15) is 4.79 Å². The van der Waals surface area contributed by atoms with Crippen molar-refractivity contribution in [1.29, 1.82) is 0 Å². The van der Waals surface area contributed by atoms with Crippen molar-refractivity contribution >= 4 is 46.7 Å². The van der Waals surface area contributed by atoms with Crippen molar-refractivity contribution in [2.75, 3.05) is 17.3 Å². The Morgan fingerprint density at radius 1 is 1.08 bits per heavy atom. The summed E-state index contributed by atoms with van der Waals surface area (Å²) in [7, 11) is 0. The first-order chi connectivity index (χ1) is 12.6. The molecule has 0 bridgehead atoms. The van der Waals surface area contributed by atoms with E-state index in [0.717, 1.165) is 25.1 Å². The van der Waals surface area contributed by atoms with Crippen molar-refractivity contribution < 1.29 is 4.79 Å². The van der Waals surface area contributed by atoms with E-state index in [1.54, 1.807) is 0 Å². The fraction of sp³-hybridized carbons (Fsp3) is 0.667. The van der Waals surface area contributed by atoms with Crippen LogP contribution in [0.4, 0.5) is 5.69 Å². The average Bonchev–Trinajstić information content (AvgIpc) is 2.70. The summed E-state index contributed by atoms with van der Waals surface area (Å²) < 4.78 is 0.417. The second-order valence-corrected chi connectivity index (χ2v) is 10.3. The van der Waals surface area contributed by atoms with Crippen LogP contribution in [0, 0.1) is 0 Å². The maximum atomic E-state index is 12.8. The second kappa shape index (κ2) is 10.9. The van der Waals surface area contributed by atoms with Crippen molar-refractivity contribution in [3.63, 3.8) is 0 Å². The van der Waals surface area contributed by atoms with Crippen molar-refractivity contribution in [3.8, 4) is 0 Å². The van der Waals surface area contributed by atoms with Gasteiger partial charge in [-0.2, -0.15) is 0 Å². The molecule has 146 valence electrons. The number of amides is 1. The monoisotopic (exact) mass is 413 g/mol. The molecule has 1 heterocycles. The fourth-order valence-corrected chi connectivity index (χ4v) is 7.44. The first-order valence-corrected chi connectivity index (χ1v) is 12.3. The van der Waals surface area contributed by atoms with Gasteiger partial charge in [-0.3, -0.25) is 4.79 Å². The number of carbonyl (C=O) groups is 1. The molecular formula is C21H32ClNOS2. The maximum absolute atomic E-state index is 12.8. The Hall–Kier alpha value is -0.320. The highest BCUT2D eigenvalue weighted by Gasteiger charge is 2.32. The number of carbonyl (C=O) groups excluding carboxylic acids is 1. The Morgan fingerprint density at radius 3 is 2.04 bits per heavy atom. The Labute approximate surface area is 172 Å². The number of para-hydroxylation sites is 1. The van der Waals surface area contributed by atoms with E-state index in [1.165, 1.54) is 30.4 Å². The van der Waals surface area contributed by atoms with E-state index in [1.807, 2.05) is 4.90 Å². The van der Waals surface area contributed by atoms with E-state index in [0.29, 0.717) is 15.1 Å². The number of hydrogen-bond donors (Lipinski definition) is 0. The van der Waals surface area contributed by atoms with Gasteiger partial charge >= 0.3 is 0 Å². The third-order valence-electron chi connectivity index (χ3n) is 5.11. The molecule has 1 saturated heterocycles. The lowest BCUT2D eigenvalue weighted by atomic mass is 10.0. The molecule has 1 aromatic rings. The van der Waals surface area contributed by atoms with Gasteiger partial charge < -0.3 is 4.90 Å². The molecular weight excluding hydrogens is 382 g/mol. The summed E-state index contributed by atoms with van der Waals surface area (Å²) in [5.41, 5.74) is 3.59. The van der Waals surface area contributed by atoms with E-state index in [2.05, 4.69) is 69.4 Å². The predicted octanol–water partition coefficient (Wildman–Crippen LogP) is 6.14. The molecule has 1 aliphatic heterocycles. The van der Waals surface area contributed by atoms with Gasteiger partial charge in [0.2, 0.25) is 5.91 Å². The molecule has 2 rings (SSSR count). The van der Waals surface area contributed by atoms with Crippen LogP contribution in [-0.2, 0) is 17.6 Å². The average molecular weight is 414 g/mol. The topological polar surface area (TPSA) is 20.3 Å². The Kier molecular flexibility index (Phi) is 9.19. The number of anilines is 1. The number of benzene rings is 1. The molecule has 0 aliphatic carbocycles. The van der Waals surface area contributed by atoms with Gasteiger partial charge in [-0.25, -0.2) is 0 Å².